The van der Waals surface area contributed by atoms with Crippen LogP contribution in [-0.4, -0.2) is 4.32 Å². The largest absolute Gasteiger partial charge is 0.206 e. The summed E-state index contributed by atoms with van der Waals surface area (Å²) in [5.74, 6) is -0.356. The molecule has 0 fully saturated rings. The lowest BCUT2D eigenvalue weighted by molar-refractivity contribution is 0.621. The van der Waals surface area contributed by atoms with E-state index >= 15 is 0 Å². The van der Waals surface area contributed by atoms with Crippen LogP contribution in [0.4, 0.5) is 4.39 Å². The van der Waals surface area contributed by atoms with Crippen molar-refractivity contribution in [3.8, 4) is 0 Å². The van der Waals surface area contributed by atoms with Crippen LogP contribution < -0.4 is 0 Å². The summed E-state index contributed by atoms with van der Waals surface area (Å²) in [6, 6.07) is 4.55. The molecule has 0 atom stereocenters. The second-order valence-electron chi connectivity index (χ2n) is 1.88. The van der Waals surface area contributed by atoms with Gasteiger partial charge in [0, 0.05) is 5.56 Å². The Labute approximate surface area is 82.5 Å². The normalized spacial score (nSPS) is 9.73. The molecule has 0 aliphatic heterocycles. The van der Waals surface area contributed by atoms with E-state index in [1.807, 2.05) is 0 Å². The van der Waals surface area contributed by atoms with E-state index in [1.54, 1.807) is 12.1 Å². The summed E-state index contributed by atoms with van der Waals surface area (Å²) in [7, 11) is 0. The quantitative estimate of drug-likeness (QED) is 0.545. The van der Waals surface area contributed by atoms with Gasteiger partial charge in [-0.1, -0.05) is 36.0 Å². The molecule has 0 N–H and O–H groups in total. The first-order valence-electron chi connectivity index (χ1n) is 2.77. The molecule has 58 valence electrons. The molecule has 1 aromatic carbocycles. The van der Waals surface area contributed by atoms with Crippen molar-refractivity contribution in [2.45, 2.75) is 0 Å². The van der Waals surface area contributed by atoms with Gasteiger partial charge in [0.15, 0.2) is 0 Å². The lowest BCUT2D eigenvalue weighted by atomic mass is 10.2. The minimum absolute atomic E-state index is 0.163. The Kier molecular flexibility index (Phi) is 2.98. The molecule has 0 aliphatic rings. The fourth-order valence-corrected chi connectivity index (χ4v) is 1.69. The average Bonchev–Trinajstić information content (AvgIpc) is 1.94. The van der Waals surface area contributed by atoms with Crippen LogP contribution in [0.1, 0.15) is 5.56 Å². The monoisotopic (exact) mass is 252 g/mol. The van der Waals surface area contributed by atoms with Gasteiger partial charge in [0.2, 0.25) is 0 Å². The maximum Gasteiger partial charge on any atom is 0.138 e. The summed E-state index contributed by atoms with van der Waals surface area (Å²) < 4.78 is 13.3. The van der Waals surface area contributed by atoms with Gasteiger partial charge in [-0.25, -0.2) is 4.39 Å². The summed E-state index contributed by atoms with van der Waals surface area (Å²) in [5.41, 5.74) is 0.515. The number of thiocarbonyl (C=S) groups is 1. The molecule has 0 bridgehead atoms. The Balaban J connectivity index is 3.27. The SMILES string of the molecule is Fc1cccc(C(=S)Cl)c1Br. The van der Waals surface area contributed by atoms with Gasteiger partial charge in [-0.3, -0.25) is 0 Å². The molecule has 11 heavy (non-hydrogen) atoms. The van der Waals surface area contributed by atoms with Gasteiger partial charge in [-0.2, -0.15) is 0 Å². The Morgan fingerprint density at radius 1 is 1.55 bits per heavy atom. The van der Waals surface area contributed by atoms with Crippen LogP contribution in [-0.2, 0) is 0 Å². The Morgan fingerprint density at radius 2 is 2.18 bits per heavy atom. The fourth-order valence-electron chi connectivity index (χ4n) is 0.656. The molecule has 0 aliphatic carbocycles. The predicted octanol–water partition coefficient (Wildman–Crippen LogP) is 3.50. The molecular weight excluding hydrogens is 250 g/mol. The highest BCUT2D eigenvalue weighted by atomic mass is 79.9. The van der Waals surface area contributed by atoms with Gasteiger partial charge in [-0.15, -0.1) is 0 Å². The smallest absolute Gasteiger partial charge is 0.138 e. The van der Waals surface area contributed by atoms with Crippen molar-refractivity contribution in [1.29, 1.82) is 0 Å². The number of hydrogen-bond acceptors (Lipinski definition) is 1. The van der Waals surface area contributed by atoms with Gasteiger partial charge in [0.05, 0.1) is 4.47 Å². The Bertz CT molecular complexity index is 300. The van der Waals surface area contributed by atoms with Crippen LogP contribution in [0, 0.1) is 5.82 Å². The molecule has 0 radical (unpaired) electrons. The van der Waals surface area contributed by atoms with Gasteiger partial charge < -0.3 is 0 Å². The third-order valence-corrected chi connectivity index (χ3v) is 2.39. The van der Waals surface area contributed by atoms with Gasteiger partial charge in [0.1, 0.15) is 10.1 Å². The maximum absolute atomic E-state index is 12.8. The third kappa shape index (κ3) is 1.98. The third-order valence-electron chi connectivity index (χ3n) is 1.16. The predicted molar refractivity (Wildman–Crippen MR) is 51.7 cm³/mol. The van der Waals surface area contributed by atoms with E-state index in [4.69, 9.17) is 11.6 Å². The van der Waals surface area contributed by atoms with Crippen LogP contribution in [0.2, 0.25) is 0 Å². The highest BCUT2D eigenvalue weighted by Crippen LogP contribution is 2.22. The summed E-state index contributed by atoms with van der Waals surface area (Å²) in [6.45, 7) is 0. The number of rotatable bonds is 1. The second-order valence-corrected chi connectivity index (χ2v) is 3.68. The van der Waals surface area contributed by atoms with Crippen molar-refractivity contribution in [2.24, 2.45) is 0 Å². The van der Waals surface area contributed by atoms with Crippen molar-refractivity contribution in [3.63, 3.8) is 0 Å². The molecule has 0 amide bonds. The van der Waals surface area contributed by atoms with Crippen molar-refractivity contribution < 1.29 is 4.39 Å². The lowest BCUT2D eigenvalue weighted by Gasteiger charge is -1.99. The topological polar surface area (TPSA) is 0 Å². The van der Waals surface area contributed by atoms with E-state index in [9.17, 15) is 4.39 Å². The highest BCUT2D eigenvalue weighted by Gasteiger charge is 2.06. The van der Waals surface area contributed by atoms with Gasteiger partial charge in [-0.05, 0) is 22.0 Å². The number of hydrogen-bond donors (Lipinski definition) is 0. The van der Waals surface area contributed by atoms with E-state index in [0.29, 0.717) is 10.0 Å². The minimum Gasteiger partial charge on any atom is -0.206 e. The number of halogens is 3. The summed E-state index contributed by atoms with van der Waals surface area (Å²) in [4.78, 5) is 0. The van der Waals surface area contributed by atoms with Crippen LogP contribution in [0.15, 0.2) is 22.7 Å². The zero-order valence-corrected chi connectivity index (χ0v) is 8.43. The molecule has 0 spiro atoms. The Hall–Kier alpha value is 0.01000. The van der Waals surface area contributed by atoms with Crippen molar-refractivity contribution in [1.82, 2.24) is 0 Å². The lowest BCUT2D eigenvalue weighted by Crippen LogP contribution is -1.90. The number of benzene rings is 1. The first kappa shape index (κ1) is 9.10. The van der Waals surface area contributed by atoms with Gasteiger partial charge >= 0.3 is 0 Å². The second kappa shape index (κ2) is 3.61. The van der Waals surface area contributed by atoms with Crippen LogP contribution in [0.5, 0.6) is 0 Å². The molecule has 0 heterocycles. The minimum atomic E-state index is -0.356. The zero-order chi connectivity index (χ0) is 8.43. The fraction of sp³-hybridized carbons (Fsp3) is 0. The van der Waals surface area contributed by atoms with E-state index in [-0.39, 0.29) is 10.1 Å². The molecule has 0 saturated carbocycles. The molecular formula is C7H3BrClFS. The average molecular weight is 254 g/mol. The highest BCUT2D eigenvalue weighted by molar-refractivity contribution is 9.10. The maximum atomic E-state index is 12.8. The van der Waals surface area contributed by atoms with E-state index in [2.05, 4.69) is 28.1 Å². The van der Waals surface area contributed by atoms with E-state index < -0.39 is 0 Å². The first-order valence-corrected chi connectivity index (χ1v) is 4.34. The molecule has 1 rings (SSSR count). The molecule has 0 aromatic heterocycles. The molecule has 0 unspecified atom stereocenters. The summed E-state index contributed by atoms with van der Waals surface area (Å²) >= 11 is 13.2. The first-order chi connectivity index (χ1) is 5.13. The van der Waals surface area contributed by atoms with E-state index in [0.717, 1.165) is 0 Å². The standard InChI is InChI=1S/C7H3BrClFS/c8-6-4(7(9)11)2-1-3-5(6)10/h1-3H. The zero-order valence-electron chi connectivity index (χ0n) is 5.27. The molecule has 1 aromatic rings. The summed E-state index contributed by atoms with van der Waals surface area (Å²) in [6.07, 6.45) is 0. The van der Waals surface area contributed by atoms with E-state index in [1.165, 1.54) is 6.07 Å². The van der Waals surface area contributed by atoms with Crippen LogP contribution >= 0.6 is 39.7 Å². The van der Waals surface area contributed by atoms with Crippen molar-refractivity contribution in [3.05, 3.63) is 34.1 Å². The van der Waals surface area contributed by atoms with Gasteiger partial charge in [0.25, 0.3) is 0 Å². The van der Waals surface area contributed by atoms with Crippen LogP contribution in [0.25, 0.3) is 0 Å². The molecule has 0 saturated heterocycles. The Morgan fingerprint density at radius 3 is 2.64 bits per heavy atom. The van der Waals surface area contributed by atoms with Crippen molar-refractivity contribution >= 4 is 44.1 Å². The molecule has 0 nitrogen and oxygen atoms in total. The molecule has 4 heteroatoms. The summed E-state index contributed by atoms with van der Waals surface area (Å²) in [5, 5.41) is 0. The van der Waals surface area contributed by atoms with Crippen LogP contribution in [0.3, 0.4) is 0 Å². The van der Waals surface area contributed by atoms with Crippen molar-refractivity contribution in [2.75, 3.05) is 0 Å².